The van der Waals surface area contributed by atoms with Crippen molar-refractivity contribution in [3.63, 3.8) is 0 Å². The van der Waals surface area contributed by atoms with Gasteiger partial charge >= 0.3 is 0 Å². The molecule has 1 aliphatic carbocycles. The van der Waals surface area contributed by atoms with Gasteiger partial charge in [0.05, 0.1) is 4.88 Å². The average molecular weight is 480 g/mol. The number of carbonyl (C=O) groups excluding carboxylic acids is 3. The number of hydroxylamine groups is 1. The quantitative estimate of drug-likeness (QED) is 0.278. The topological polar surface area (TPSA) is 108 Å². The number of hydrogen-bond donors (Lipinski definition) is 4. The molecule has 3 aromatic rings. The van der Waals surface area contributed by atoms with E-state index in [4.69, 9.17) is 5.21 Å². The maximum Gasteiger partial charge on any atom is 0.284 e. The summed E-state index contributed by atoms with van der Waals surface area (Å²) in [5.41, 5.74) is 3.18. The molecule has 1 atom stereocenters. The number of rotatable bonds is 8. The van der Waals surface area contributed by atoms with Crippen LogP contribution in [-0.4, -0.2) is 29.0 Å². The van der Waals surface area contributed by atoms with Crippen LogP contribution in [-0.2, 0) is 16.0 Å². The average Bonchev–Trinajstić information content (AvgIpc) is 3.28. The zero-order valence-corrected chi connectivity index (χ0v) is 19.7. The van der Waals surface area contributed by atoms with Crippen molar-refractivity contribution >= 4 is 44.8 Å². The molecule has 2 aromatic carbocycles. The molecule has 1 heterocycles. The molecule has 0 radical (unpaired) electrons. The van der Waals surface area contributed by atoms with Gasteiger partial charge in [-0.1, -0.05) is 49.6 Å². The smallest absolute Gasteiger partial charge is 0.284 e. The fourth-order valence-electron chi connectivity index (χ4n) is 4.48. The third-order valence-electron chi connectivity index (χ3n) is 6.24. The zero-order chi connectivity index (χ0) is 23.9. The number of nitrogens with one attached hydrogen (secondary N) is 3. The van der Waals surface area contributed by atoms with Crippen LogP contribution >= 0.6 is 11.3 Å². The van der Waals surface area contributed by atoms with Gasteiger partial charge in [0.2, 0.25) is 11.8 Å². The fourth-order valence-corrected chi connectivity index (χ4v) is 5.42. The number of benzene rings is 2. The van der Waals surface area contributed by atoms with Gasteiger partial charge in [0.15, 0.2) is 0 Å². The van der Waals surface area contributed by atoms with Crippen LogP contribution in [0, 0.1) is 5.92 Å². The van der Waals surface area contributed by atoms with E-state index in [1.54, 1.807) is 23.7 Å². The molecule has 178 valence electrons. The van der Waals surface area contributed by atoms with Crippen molar-refractivity contribution in [2.24, 2.45) is 5.92 Å². The number of carbonyl (C=O) groups is 3. The lowest BCUT2D eigenvalue weighted by Crippen LogP contribution is -2.45. The highest BCUT2D eigenvalue weighted by atomic mass is 32.1. The molecule has 4 N–H and O–H groups in total. The van der Waals surface area contributed by atoms with Crippen LogP contribution in [0.25, 0.3) is 10.1 Å². The van der Waals surface area contributed by atoms with E-state index >= 15 is 0 Å². The Labute approximate surface area is 202 Å². The van der Waals surface area contributed by atoms with E-state index in [9.17, 15) is 14.4 Å². The summed E-state index contributed by atoms with van der Waals surface area (Å²) in [5.74, 6) is -0.560. The number of thiophene rings is 1. The van der Waals surface area contributed by atoms with Gasteiger partial charge < -0.3 is 10.6 Å². The predicted octanol–water partition coefficient (Wildman–Crippen LogP) is 4.66. The summed E-state index contributed by atoms with van der Waals surface area (Å²) in [5, 5.41) is 15.5. The Morgan fingerprint density at radius 3 is 2.50 bits per heavy atom. The van der Waals surface area contributed by atoms with Gasteiger partial charge in [-0.3, -0.25) is 19.6 Å². The first kappa shape index (κ1) is 23.9. The van der Waals surface area contributed by atoms with Gasteiger partial charge in [0, 0.05) is 23.2 Å². The maximum atomic E-state index is 13.2. The molecule has 0 aliphatic heterocycles. The van der Waals surface area contributed by atoms with Crippen molar-refractivity contribution < 1.29 is 19.6 Å². The second-order valence-corrected chi connectivity index (χ2v) is 9.90. The van der Waals surface area contributed by atoms with E-state index in [0.29, 0.717) is 29.3 Å². The second-order valence-electron chi connectivity index (χ2n) is 8.81. The van der Waals surface area contributed by atoms with E-state index in [1.165, 1.54) is 30.6 Å². The van der Waals surface area contributed by atoms with Gasteiger partial charge in [-0.2, -0.15) is 0 Å². The SMILES string of the molecule is O=C(CC1CCCCC1)N[C@@H](Cc1ccccc1)C(=O)Nc1ccc2sc(C(=O)NO)cc2c1. The number of fused-ring (bicyclic) bond motifs is 1. The van der Waals surface area contributed by atoms with Crippen molar-refractivity contribution in [1.82, 2.24) is 10.8 Å². The standard InChI is InChI=1S/C26H29N3O4S/c30-24(14-18-9-5-2-6-10-18)28-21(13-17-7-3-1-4-8-17)25(31)27-20-11-12-22-19(15-20)16-23(34-22)26(32)29-33/h1,3-4,7-8,11-12,15-16,18,21,33H,2,5-6,9-10,13-14H2,(H,27,31)(H,28,30)(H,29,32)/t21-/m0/s1. The van der Waals surface area contributed by atoms with Crippen LogP contribution < -0.4 is 16.1 Å². The maximum absolute atomic E-state index is 13.2. The normalized spacial score (nSPS) is 15.0. The van der Waals surface area contributed by atoms with Crippen LogP contribution in [0.5, 0.6) is 0 Å². The van der Waals surface area contributed by atoms with Crippen molar-refractivity contribution in [2.45, 2.75) is 51.0 Å². The minimum atomic E-state index is -0.701. The van der Waals surface area contributed by atoms with Gasteiger partial charge in [-0.05, 0) is 54.0 Å². The number of amides is 3. The van der Waals surface area contributed by atoms with Gasteiger partial charge in [-0.15, -0.1) is 11.3 Å². The summed E-state index contributed by atoms with van der Waals surface area (Å²) in [6, 6.07) is 16.0. The molecule has 8 heteroatoms. The largest absolute Gasteiger partial charge is 0.344 e. The molecule has 1 aliphatic rings. The fraction of sp³-hybridized carbons (Fsp3) is 0.346. The van der Waals surface area contributed by atoms with Crippen molar-refractivity contribution in [3.8, 4) is 0 Å². The molecule has 7 nitrogen and oxygen atoms in total. The third-order valence-corrected chi connectivity index (χ3v) is 7.36. The third kappa shape index (κ3) is 6.21. The van der Waals surface area contributed by atoms with Crippen molar-refractivity contribution in [1.29, 1.82) is 0 Å². The Hall–Kier alpha value is -3.23. The van der Waals surface area contributed by atoms with Crippen LogP contribution in [0.4, 0.5) is 5.69 Å². The minimum Gasteiger partial charge on any atom is -0.344 e. The van der Waals surface area contributed by atoms with Crippen LogP contribution in [0.1, 0.15) is 53.8 Å². The monoisotopic (exact) mass is 479 g/mol. The lowest BCUT2D eigenvalue weighted by atomic mass is 9.87. The Morgan fingerprint density at radius 2 is 1.76 bits per heavy atom. The van der Waals surface area contributed by atoms with Crippen LogP contribution in [0.2, 0.25) is 0 Å². The predicted molar refractivity (Wildman–Crippen MR) is 133 cm³/mol. The first-order chi connectivity index (χ1) is 16.5. The summed E-state index contributed by atoms with van der Waals surface area (Å²) in [7, 11) is 0. The number of hydrogen-bond acceptors (Lipinski definition) is 5. The highest BCUT2D eigenvalue weighted by Crippen LogP contribution is 2.29. The molecule has 3 amide bonds. The second kappa shape index (κ2) is 11.3. The molecule has 1 saturated carbocycles. The lowest BCUT2D eigenvalue weighted by Gasteiger charge is -2.23. The first-order valence-corrected chi connectivity index (χ1v) is 12.5. The Bertz CT molecular complexity index is 1160. The Kier molecular flexibility index (Phi) is 7.92. The zero-order valence-electron chi connectivity index (χ0n) is 18.9. The van der Waals surface area contributed by atoms with Gasteiger partial charge in [-0.25, -0.2) is 5.48 Å². The minimum absolute atomic E-state index is 0.0871. The van der Waals surface area contributed by atoms with Crippen molar-refractivity contribution in [3.05, 3.63) is 65.0 Å². The molecule has 1 fully saturated rings. The van der Waals surface area contributed by atoms with E-state index in [2.05, 4.69) is 10.6 Å². The number of anilines is 1. The lowest BCUT2D eigenvalue weighted by molar-refractivity contribution is -0.127. The Balaban J connectivity index is 1.47. The van der Waals surface area contributed by atoms with Gasteiger partial charge in [0.25, 0.3) is 5.91 Å². The molecular weight excluding hydrogens is 450 g/mol. The van der Waals surface area contributed by atoms with E-state index < -0.39 is 11.9 Å². The highest BCUT2D eigenvalue weighted by Gasteiger charge is 2.24. The molecule has 1 aromatic heterocycles. The van der Waals surface area contributed by atoms with Crippen molar-refractivity contribution in [2.75, 3.05) is 5.32 Å². The van der Waals surface area contributed by atoms with E-state index in [1.807, 2.05) is 36.4 Å². The Morgan fingerprint density at radius 1 is 1.00 bits per heavy atom. The molecule has 0 unspecified atom stereocenters. The summed E-state index contributed by atoms with van der Waals surface area (Å²) in [4.78, 5) is 38.1. The van der Waals surface area contributed by atoms with E-state index in [-0.39, 0.29) is 11.8 Å². The molecular formula is C26H29N3O4S. The van der Waals surface area contributed by atoms with Crippen LogP contribution in [0.3, 0.4) is 0 Å². The first-order valence-electron chi connectivity index (χ1n) is 11.6. The summed E-state index contributed by atoms with van der Waals surface area (Å²) < 4.78 is 0.859. The molecule has 34 heavy (non-hydrogen) atoms. The molecule has 0 spiro atoms. The van der Waals surface area contributed by atoms with E-state index in [0.717, 1.165) is 28.5 Å². The highest BCUT2D eigenvalue weighted by molar-refractivity contribution is 7.20. The summed E-state index contributed by atoms with van der Waals surface area (Å²) >= 11 is 1.25. The molecule has 0 bridgehead atoms. The summed E-state index contributed by atoms with van der Waals surface area (Å²) in [6.45, 7) is 0. The van der Waals surface area contributed by atoms with Crippen LogP contribution in [0.15, 0.2) is 54.6 Å². The summed E-state index contributed by atoms with van der Waals surface area (Å²) in [6.07, 6.45) is 6.55. The molecule has 4 rings (SSSR count). The van der Waals surface area contributed by atoms with Gasteiger partial charge in [0.1, 0.15) is 6.04 Å². The molecule has 0 saturated heterocycles.